The first kappa shape index (κ1) is 18.6. The Kier molecular flexibility index (Phi) is 4.30. The Labute approximate surface area is 176 Å². The predicted octanol–water partition coefficient (Wildman–Crippen LogP) is 5.64. The van der Waals surface area contributed by atoms with Gasteiger partial charge in [0.1, 0.15) is 17.1 Å². The average molecular weight is 408 g/mol. The van der Waals surface area contributed by atoms with E-state index in [1.807, 2.05) is 18.2 Å². The number of phenolic OH excluding ortho intramolecular Hbond substituents is 1. The average Bonchev–Trinajstić information content (AvgIpc) is 2.77. The van der Waals surface area contributed by atoms with Crippen LogP contribution in [0.1, 0.15) is 10.4 Å². The SMILES string of the molecule is O=C(O)c1ccccc1-c1c2ccc(=O)cc-2oc2cc(-c3ccc(O)cc3)ccc12. The van der Waals surface area contributed by atoms with E-state index in [9.17, 15) is 19.8 Å². The Balaban J connectivity index is 1.86. The van der Waals surface area contributed by atoms with Gasteiger partial charge >= 0.3 is 5.97 Å². The van der Waals surface area contributed by atoms with Crippen molar-refractivity contribution in [2.45, 2.75) is 0 Å². The maximum absolute atomic E-state index is 12.0. The van der Waals surface area contributed by atoms with Crippen LogP contribution in [0.2, 0.25) is 0 Å². The number of rotatable bonds is 3. The smallest absolute Gasteiger partial charge is 0.336 e. The summed E-state index contributed by atoms with van der Waals surface area (Å²) in [6.07, 6.45) is 0. The molecule has 3 aromatic carbocycles. The lowest BCUT2D eigenvalue weighted by Crippen LogP contribution is -2.03. The second kappa shape index (κ2) is 7.15. The maximum Gasteiger partial charge on any atom is 0.336 e. The summed E-state index contributed by atoms with van der Waals surface area (Å²) in [5, 5.41) is 20.0. The zero-order chi connectivity index (χ0) is 21.5. The minimum atomic E-state index is -1.03. The van der Waals surface area contributed by atoms with Gasteiger partial charge in [0.05, 0.1) is 5.56 Å². The second-order valence-electron chi connectivity index (χ2n) is 7.24. The van der Waals surface area contributed by atoms with Crippen molar-refractivity contribution in [3.8, 4) is 39.3 Å². The highest BCUT2D eigenvalue weighted by Crippen LogP contribution is 2.42. The summed E-state index contributed by atoms with van der Waals surface area (Å²) in [4.78, 5) is 23.9. The third-order valence-electron chi connectivity index (χ3n) is 5.32. The monoisotopic (exact) mass is 408 g/mol. The number of aromatic carboxylic acids is 1. The first-order chi connectivity index (χ1) is 15.0. The van der Waals surface area contributed by atoms with Crippen molar-refractivity contribution in [1.29, 1.82) is 0 Å². The van der Waals surface area contributed by atoms with Crippen molar-refractivity contribution in [2.75, 3.05) is 0 Å². The molecule has 5 rings (SSSR count). The quantitative estimate of drug-likeness (QED) is 0.378. The van der Waals surface area contributed by atoms with Gasteiger partial charge in [-0.05, 0) is 59.2 Å². The van der Waals surface area contributed by atoms with Gasteiger partial charge in [-0.15, -0.1) is 0 Å². The van der Waals surface area contributed by atoms with E-state index in [0.717, 1.165) is 16.5 Å². The Hall–Kier alpha value is -4.38. The first-order valence-electron chi connectivity index (χ1n) is 9.64. The molecule has 31 heavy (non-hydrogen) atoms. The predicted molar refractivity (Wildman–Crippen MR) is 119 cm³/mol. The van der Waals surface area contributed by atoms with Crippen LogP contribution in [0.15, 0.2) is 94.1 Å². The van der Waals surface area contributed by atoms with Crippen molar-refractivity contribution in [3.63, 3.8) is 0 Å². The molecule has 0 fully saturated rings. The Bertz CT molecular complexity index is 1480. The number of fused-ring (bicyclic) bond motifs is 2. The zero-order valence-corrected chi connectivity index (χ0v) is 16.2. The molecule has 2 N–H and O–H groups in total. The van der Waals surface area contributed by atoms with Crippen LogP contribution in [0.3, 0.4) is 0 Å². The molecule has 0 saturated heterocycles. The van der Waals surface area contributed by atoms with Crippen molar-refractivity contribution in [3.05, 3.63) is 101 Å². The van der Waals surface area contributed by atoms with E-state index in [0.29, 0.717) is 28.0 Å². The van der Waals surface area contributed by atoms with Crippen LogP contribution in [0.5, 0.6) is 5.75 Å². The summed E-state index contributed by atoms with van der Waals surface area (Å²) in [5.41, 5.74) is 4.18. The van der Waals surface area contributed by atoms with E-state index < -0.39 is 5.97 Å². The fraction of sp³-hybridized carbons (Fsp3) is 0. The second-order valence-corrected chi connectivity index (χ2v) is 7.24. The standard InChI is InChI=1S/C26H16O5/c27-17-8-5-15(6-9-17)16-7-11-21-23(13-16)31-24-14-18(28)10-12-22(24)25(21)19-3-1-2-4-20(19)26(29)30/h1-14,27H,(H,29,30). The Morgan fingerprint density at radius 3 is 2.29 bits per heavy atom. The van der Waals surface area contributed by atoms with Gasteiger partial charge in [0, 0.05) is 22.6 Å². The van der Waals surface area contributed by atoms with Crippen LogP contribution in [0, 0.1) is 0 Å². The number of benzene rings is 4. The lowest BCUT2D eigenvalue weighted by atomic mass is 9.90. The molecule has 0 spiro atoms. The fourth-order valence-electron chi connectivity index (χ4n) is 3.88. The van der Waals surface area contributed by atoms with E-state index >= 15 is 0 Å². The molecule has 0 amide bonds. The van der Waals surface area contributed by atoms with Crippen LogP contribution >= 0.6 is 0 Å². The number of hydrogen-bond donors (Lipinski definition) is 2. The zero-order valence-electron chi connectivity index (χ0n) is 16.2. The van der Waals surface area contributed by atoms with Gasteiger partial charge < -0.3 is 14.6 Å². The largest absolute Gasteiger partial charge is 0.508 e. The summed E-state index contributed by atoms with van der Waals surface area (Å²) in [6, 6.07) is 23.8. The number of aromatic hydroxyl groups is 1. The molecule has 3 aromatic rings. The van der Waals surface area contributed by atoms with Crippen molar-refractivity contribution >= 4 is 16.9 Å². The molecular formula is C26H16O5. The maximum atomic E-state index is 12.0. The van der Waals surface area contributed by atoms with Gasteiger partial charge in [-0.2, -0.15) is 0 Å². The summed E-state index contributed by atoms with van der Waals surface area (Å²) in [6.45, 7) is 0. The van der Waals surface area contributed by atoms with Crippen LogP contribution in [0.25, 0.3) is 44.5 Å². The van der Waals surface area contributed by atoms with Crippen LogP contribution in [-0.4, -0.2) is 16.2 Å². The summed E-state index contributed by atoms with van der Waals surface area (Å²) in [5.74, 6) is -0.465. The topological polar surface area (TPSA) is 87.7 Å². The molecule has 1 aliphatic carbocycles. The number of carboxylic acid groups (broad SMARTS) is 1. The molecule has 5 nitrogen and oxygen atoms in total. The van der Waals surface area contributed by atoms with Crippen molar-refractivity contribution < 1.29 is 19.4 Å². The van der Waals surface area contributed by atoms with Crippen LogP contribution < -0.4 is 5.43 Å². The van der Waals surface area contributed by atoms with Gasteiger partial charge in [-0.1, -0.05) is 36.4 Å². The molecule has 0 atom stereocenters. The third kappa shape index (κ3) is 3.22. The van der Waals surface area contributed by atoms with Gasteiger partial charge in [0.25, 0.3) is 0 Å². The Morgan fingerprint density at radius 2 is 1.52 bits per heavy atom. The van der Waals surface area contributed by atoms with E-state index in [-0.39, 0.29) is 16.7 Å². The number of phenols is 1. The van der Waals surface area contributed by atoms with Crippen molar-refractivity contribution in [1.82, 2.24) is 0 Å². The molecule has 150 valence electrons. The van der Waals surface area contributed by atoms with E-state index in [4.69, 9.17) is 4.42 Å². The van der Waals surface area contributed by atoms with Crippen molar-refractivity contribution in [2.24, 2.45) is 0 Å². The third-order valence-corrected chi connectivity index (χ3v) is 5.32. The van der Waals surface area contributed by atoms with E-state index in [1.54, 1.807) is 54.6 Å². The number of carbonyl (C=O) groups is 1. The molecule has 0 aromatic heterocycles. The molecule has 1 aliphatic heterocycles. The summed E-state index contributed by atoms with van der Waals surface area (Å²) >= 11 is 0. The minimum absolute atomic E-state index is 0.171. The van der Waals surface area contributed by atoms with Gasteiger partial charge in [-0.3, -0.25) is 4.79 Å². The highest BCUT2D eigenvalue weighted by molar-refractivity contribution is 6.07. The first-order valence-corrected chi connectivity index (χ1v) is 9.64. The molecule has 5 heteroatoms. The van der Waals surface area contributed by atoms with Gasteiger partial charge in [0.15, 0.2) is 5.43 Å². The lowest BCUT2D eigenvalue weighted by Gasteiger charge is -2.17. The highest BCUT2D eigenvalue weighted by atomic mass is 16.4. The molecule has 2 aliphatic rings. The van der Waals surface area contributed by atoms with Crippen LogP contribution in [-0.2, 0) is 0 Å². The van der Waals surface area contributed by atoms with Gasteiger partial charge in [0.2, 0.25) is 0 Å². The lowest BCUT2D eigenvalue weighted by molar-refractivity contribution is 0.0697. The van der Waals surface area contributed by atoms with Gasteiger partial charge in [-0.25, -0.2) is 4.79 Å². The van der Waals surface area contributed by atoms with E-state index in [1.165, 1.54) is 12.1 Å². The molecule has 1 heterocycles. The molecule has 0 unspecified atom stereocenters. The Morgan fingerprint density at radius 1 is 0.774 bits per heavy atom. The number of hydrogen-bond acceptors (Lipinski definition) is 4. The number of carboxylic acids is 1. The van der Waals surface area contributed by atoms with E-state index in [2.05, 4.69) is 0 Å². The fourth-order valence-corrected chi connectivity index (χ4v) is 3.88. The molecule has 0 saturated carbocycles. The molecule has 0 bridgehead atoms. The minimum Gasteiger partial charge on any atom is -0.508 e. The molecular weight excluding hydrogens is 392 g/mol. The highest BCUT2D eigenvalue weighted by Gasteiger charge is 2.21. The molecule has 0 radical (unpaired) electrons. The van der Waals surface area contributed by atoms with Crippen LogP contribution in [0.4, 0.5) is 0 Å². The summed E-state index contributed by atoms with van der Waals surface area (Å²) < 4.78 is 6.08. The normalized spacial score (nSPS) is 11.1. The summed E-state index contributed by atoms with van der Waals surface area (Å²) in [7, 11) is 0.